The minimum Gasteiger partial charge on any atom is -0.444 e. The van der Waals surface area contributed by atoms with Crippen molar-refractivity contribution in [3.63, 3.8) is 0 Å². The molecule has 1 atom stereocenters. The van der Waals surface area contributed by atoms with E-state index in [9.17, 15) is 14.4 Å². The number of carbonyl (C=O) groups is 3. The van der Waals surface area contributed by atoms with Gasteiger partial charge in [-0.2, -0.15) is 10.2 Å². The fourth-order valence-corrected chi connectivity index (χ4v) is 5.39. The van der Waals surface area contributed by atoms with E-state index < -0.39 is 11.7 Å². The number of benzene rings is 2. The maximum absolute atomic E-state index is 12.7. The molecule has 12 heteroatoms. The number of nitrogens with one attached hydrogen (secondary N) is 3. The number of amides is 3. The molecule has 3 N–H and O–H groups in total. The van der Waals surface area contributed by atoms with E-state index in [4.69, 9.17) is 4.74 Å². The summed E-state index contributed by atoms with van der Waals surface area (Å²) in [6, 6.07) is 20.3. The van der Waals surface area contributed by atoms with E-state index in [0.29, 0.717) is 11.5 Å². The molecule has 44 heavy (non-hydrogen) atoms. The predicted molar refractivity (Wildman–Crippen MR) is 173 cm³/mol. The van der Waals surface area contributed by atoms with Crippen molar-refractivity contribution in [1.29, 1.82) is 0 Å². The topological polar surface area (TPSA) is 138 Å². The van der Waals surface area contributed by atoms with Gasteiger partial charge >= 0.3 is 6.09 Å². The zero-order valence-electron chi connectivity index (χ0n) is 25.5. The maximum Gasteiger partial charge on any atom is 0.412 e. The van der Waals surface area contributed by atoms with E-state index in [1.54, 1.807) is 67.9 Å². The van der Waals surface area contributed by atoms with Crippen LogP contribution in [0.25, 0.3) is 0 Å². The number of rotatable bonds is 12. The van der Waals surface area contributed by atoms with Crippen molar-refractivity contribution in [2.24, 2.45) is 5.10 Å². The first-order valence-corrected chi connectivity index (χ1v) is 15.4. The van der Waals surface area contributed by atoms with E-state index >= 15 is 0 Å². The van der Waals surface area contributed by atoms with Gasteiger partial charge in [-0.05, 0) is 81.8 Å². The number of hydrazone groups is 1. The van der Waals surface area contributed by atoms with E-state index in [2.05, 4.69) is 31.2 Å². The Kier molecular flexibility index (Phi) is 11.3. The van der Waals surface area contributed by atoms with Gasteiger partial charge in [-0.15, -0.1) is 5.10 Å². The number of nitrogens with zero attached hydrogens (tertiary/aromatic N) is 4. The minimum absolute atomic E-state index is 0.114. The lowest BCUT2D eigenvalue weighted by molar-refractivity contribution is -0.121. The molecule has 1 aliphatic rings. The van der Waals surface area contributed by atoms with E-state index in [1.807, 2.05) is 43.4 Å². The number of thioether (sulfide) groups is 1. The van der Waals surface area contributed by atoms with E-state index in [0.717, 1.165) is 47.5 Å². The van der Waals surface area contributed by atoms with Gasteiger partial charge in [0.1, 0.15) is 5.60 Å². The molecule has 0 saturated heterocycles. The Morgan fingerprint density at radius 3 is 2.20 bits per heavy atom. The van der Waals surface area contributed by atoms with Gasteiger partial charge in [0.05, 0.1) is 23.6 Å². The minimum atomic E-state index is -0.579. The standard InChI is InChI=1S/C32H39N7O4S/c1-32(2,3)43-31(42)33-24-16-14-23(15-17-24)21-28(41)35-30-39(4)38-29(44-30)13-9-8-12-25-18-19-26(37-36-25)34-27(40)20-22-10-6-5-7-11-22/h5-7,10-11,14-19,30H,8-9,12-13,20-21H2,1-4H3,(H,33,42)(H,35,41)(H,34,37,40). The first-order chi connectivity index (χ1) is 21.0. The van der Waals surface area contributed by atoms with Gasteiger partial charge in [0, 0.05) is 12.7 Å². The van der Waals surface area contributed by atoms with Crippen LogP contribution < -0.4 is 16.0 Å². The molecule has 1 aliphatic heterocycles. The van der Waals surface area contributed by atoms with Crippen LogP contribution in [0, 0.1) is 0 Å². The molecule has 3 aromatic rings. The molecule has 3 amide bonds. The zero-order valence-corrected chi connectivity index (χ0v) is 26.3. The molecular weight excluding hydrogens is 578 g/mol. The Morgan fingerprint density at radius 1 is 0.841 bits per heavy atom. The summed E-state index contributed by atoms with van der Waals surface area (Å²) in [6.07, 6.45) is 3.37. The molecule has 4 rings (SSSR count). The quantitative estimate of drug-likeness (QED) is 0.231. The summed E-state index contributed by atoms with van der Waals surface area (Å²) in [5.74, 6) is 0.197. The van der Waals surface area contributed by atoms with E-state index in [-0.39, 0.29) is 30.2 Å². The van der Waals surface area contributed by atoms with Crippen LogP contribution in [-0.4, -0.2) is 56.3 Å². The molecule has 2 aromatic carbocycles. The lowest BCUT2D eigenvalue weighted by atomic mass is 10.1. The van der Waals surface area contributed by atoms with Crippen LogP contribution in [0.4, 0.5) is 16.3 Å². The van der Waals surface area contributed by atoms with Crippen LogP contribution in [0.3, 0.4) is 0 Å². The Hall–Kier alpha value is -4.45. The number of carbonyl (C=O) groups excluding carboxylic acids is 3. The molecule has 232 valence electrons. The summed E-state index contributed by atoms with van der Waals surface area (Å²) in [5, 5.41) is 24.2. The normalized spacial score (nSPS) is 14.5. The smallest absolute Gasteiger partial charge is 0.412 e. The van der Waals surface area contributed by atoms with Crippen molar-refractivity contribution in [1.82, 2.24) is 20.5 Å². The van der Waals surface area contributed by atoms with Crippen LogP contribution in [0.5, 0.6) is 0 Å². The molecule has 2 heterocycles. The highest BCUT2D eigenvalue weighted by Gasteiger charge is 2.25. The molecule has 0 spiro atoms. The summed E-state index contributed by atoms with van der Waals surface area (Å²) in [5.41, 5.74) is 2.39. The van der Waals surface area contributed by atoms with Gasteiger partial charge in [-0.3, -0.25) is 19.9 Å². The van der Waals surface area contributed by atoms with Crippen molar-refractivity contribution in [2.45, 2.75) is 70.4 Å². The summed E-state index contributed by atoms with van der Waals surface area (Å²) in [4.78, 5) is 36.9. The third-order valence-electron chi connectivity index (χ3n) is 6.37. The van der Waals surface area contributed by atoms with Crippen molar-refractivity contribution >= 4 is 46.2 Å². The van der Waals surface area contributed by atoms with Crippen LogP contribution in [0.2, 0.25) is 0 Å². The van der Waals surface area contributed by atoms with Crippen molar-refractivity contribution in [3.05, 3.63) is 83.6 Å². The molecule has 0 bridgehead atoms. The molecule has 0 saturated carbocycles. The largest absolute Gasteiger partial charge is 0.444 e. The van der Waals surface area contributed by atoms with E-state index in [1.165, 1.54) is 0 Å². The Morgan fingerprint density at radius 2 is 1.52 bits per heavy atom. The monoisotopic (exact) mass is 617 g/mol. The molecule has 11 nitrogen and oxygen atoms in total. The second kappa shape index (κ2) is 15.3. The van der Waals surface area contributed by atoms with Crippen LogP contribution >= 0.6 is 11.8 Å². The second-order valence-corrected chi connectivity index (χ2v) is 12.6. The first kappa shape index (κ1) is 32.5. The lowest BCUT2D eigenvalue weighted by Gasteiger charge is -2.20. The molecule has 1 aromatic heterocycles. The number of hydrogen-bond donors (Lipinski definition) is 3. The highest BCUT2D eigenvalue weighted by atomic mass is 32.2. The maximum atomic E-state index is 12.7. The Balaban J connectivity index is 1.12. The third-order valence-corrected chi connectivity index (χ3v) is 7.58. The predicted octanol–water partition coefficient (Wildman–Crippen LogP) is 5.35. The average Bonchev–Trinajstić information content (AvgIpc) is 3.30. The van der Waals surface area contributed by atoms with Gasteiger partial charge in [0.15, 0.2) is 11.3 Å². The zero-order chi connectivity index (χ0) is 31.5. The van der Waals surface area contributed by atoms with Crippen LogP contribution in [0.15, 0.2) is 71.8 Å². The molecule has 0 fully saturated rings. The lowest BCUT2D eigenvalue weighted by Crippen LogP contribution is -2.40. The average molecular weight is 618 g/mol. The number of unbranched alkanes of at least 4 members (excludes halogenated alkanes) is 1. The molecule has 0 aliphatic carbocycles. The molecular formula is C32H39N7O4S. The van der Waals surface area contributed by atoms with Gasteiger partial charge in [-0.25, -0.2) is 4.79 Å². The highest BCUT2D eigenvalue weighted by molar-refractivity contribution is 8.14. The summed E-state index contributed by atoms with van der Waals surface area (Å²) < 4.78 is 5.26. The van der Waals surface area contributed by atoms with Gasteiger partial charge in [0.2, 0.25) is 11.8 Å². The first-order valence-electron chi connectivity index (χ1n) is 14.5. The summed E-state index contributed by atoms with van der Waals surface area (Å²) >= 11 is 1.54. The Labute approximate surface area is 262 Å². The summed E-state index contributed by atoms with van der Waals surface area (Å²) in [7, 11) is 1.85. The second-order valence-electron chi connectivity index (χ2n) is 11.4. The van der Waals surface area contributed by atoms with Crippen LogP contribution in [0.1, 0.15) is 56.9 Å². The number of aryl methyl sites for hydroxylation is 1. The highest BCUT2D eigenvalue weighted by Crippen LogP contribution is 2.26. The summed E-state index contributed by atoms with van der Waals surface area (Å²) in [6.45, 7) is 5.41. The van der Waals surface area contributed by atoms with Crippen molar-refractivity contribution < 1.29 is 19.1 Å². The number of anilines is 2. The fourth-order valence-electron chi connectivity index (χ4n) is 4.30. The van der Waals surface area contributed by atoms with Crippen LogP contribution in [-0.2, 0) is 33.6 Å². The number of aromatic nitrogens is 2. The Bertz CT molecular complexity index is 1440. The fraction of sp³-hybridized carbons (Fsp3) is 0.375. The molecule has 0 radical (unpaired) electrons. The number of ether oxygens (including phenoxy) is 1. The van der Waals surface area contributed by atoms with Gasteiger partial charge in [-0.1, -0.05) is 54.2 Å². The third kappa shape index (κ3) is 11.0. The molecule has 1 unspecified atom stereocenters. The van der Waals surface area contributed by atoms with Gasteiger partial charge in [0.25, 0.3) is 0 Å². The SMILES string of the molecule is CN1N=C(CCCCc2ccc(NC(=O)Cc3ccccc3)nn2)SC1NC(=O)Cc1ccc(NC(=O)OC(C)(C)C)cc1. The number of hydrogen-bond acceptors (Lipinski definition) is 9. The van der Waals surface area contributed by atoms with Crippen molar-refractivity contribution in [3.8, 4) is 0 Å². The van der Waals surface area contributed by atoms with Gasteiger partial charge < -0.3 is 15.4 Å². The van der Waals surface area contributed by atoms with Crippen molar-refractivity contribution in [2.75, 3.05) is 17.7 Å².